The first-order valence-electron chi connectivity index (χ1n) is 15.0. The number of allylic oxidation sites excluding steroid dienone is 2. The molecule has 0 aliphatic heterocycles. The first kappa shape index (κ1) is 26.9. The van der Waals surface area contributed by atoms with Crippen molar-refractivity contribution < 1.29 is 9.90 Å². The molecule has 0 spiro atoms. The first-order valence-corrected chi connectivity index (χ1v) is 15.0. The van der Waals surface area contributed by atoms with Crippen LogP contribution in [0.3, 0.4) is 0 Å². The fourth-order valence-electron chi connectivity index (χ4n) is 6.60. The molecular formula is C32H48N2O2. The number of phenolic OH excluding ortho intramolecular Hbond substituents is 1. The number of ketones is 1. The van der Waals surface area contributed by atoms with Gasteiger partial charge in [0.1, 0.15) is 5.75 Å². The summed E-state index contributed by atoms with van der Waals surface area (Å²) < 4.78 is 0. The number of carbonyl (C=O) groups is 1. The van der Waals surface area contributed by atoms with Gasteiger partial charge in [0.15, 0.2) is 5.78 Å². The number of aromatic hydroxyl groups is 1. The van der Waals surface area contributed by atoms with Crippen LogP contribution in [0.2, 0.25) is 0 Å². The van der Waals surface area contributed by atoms with Crippen molar-refractivity contribution in [3.63, 3.8) is 0 Å². The van der Waals surface area contributed by atoms with Gasteiger partial charge in [-0.3, -0.25) is 9.79 Å². The van der Waals surface area contributed by atoms with Crippen molar-refractivity contribution in [2.75, 3.05) is 5.32 Å². The van der Waals surface area contributed by atoms with Crippen LogP contribution in [0.15, 0.2) is 29.3 Å². The van der Waals surface area contributed by atoms with Crippen LogP contribution in [0.25, 0.3) is 0 Å². The first-order chi connectivity index (χ1) is 17.6. The average Bonchev–Trinajstić information content (AvgIpc) is 2.89. The summed E-state index contributed by atoms with van der Waals surface area (Å²) in [5.74, 6) is 1.83. The lowest BCUT2D eigenvalue weighted by Gasteiger charge is -2.31. The summed E-state index contributed by atoms with van der Waals surface area (Å²) in [5.41, 5.74) is 2.87. The molecule has 4 rings (SSSR count). The average molecular weight is 493 g/mol. The summed E-state index contributed by atoms with van der Waals surface area (Å²) in [5, 5.41) is 14.5. The molecule has 0 unspecified atom stereocenters. The normalized spacial score (nSPS) is 27.3. The van der Waals surface area contributed by atoms with Crippen molar-refractivity contribution in [1.29, 1.82) is 0 Å². The van der Waals surface area contributed by atoms with E-state index < -0.39 is 0 Å². The number of nitrogens with one attached hydrogen (secondary N) is 1. The largest absolute Gasteiger partial charge is 0.507 e. The number of unbranched alkanes of at least 4 members (excludes halogenated alkanes) is 4. The van der Waals surface area contributed by atoms with Gasteiger partial charge in [0, 0.05) is 11.7 Å². The van der Waals surface area contributed by atoms with Gasteiger partial charge in [-0.2, -0.15) is 0 Å². The molecule has 4 nitrogen and oxygen atoms in total. The highest BCUT2D eigenvalue weighted by atomic mass is 16.3. The van der Waals surface area contributed by atoms with Gasteiger partial charge in [-0.05, 0) is 87.5 Å². The van der Waals surface area contributed by atoms with Crippen LogP contribution in [0.1, 0.15) is 133 Å². The van der Waals surface area contributed by atoms with Crippen LogP contribution in [0, 0.1) is 11.8 Å². The molecule has 0 aromatic heterocycles. The number of nitrogens with zero attached hydrogens (tertiary/aromatic N) is 1. The molecule has 2 fully saturated rings. The van der Waals surface area contributed by atoms with E-state index in [1.807, 2.05) is 12.1 Å². The number of anilines is 1. The van der Waals surface area contributed by atoms with Crippen molar-refractivity contribution in [2.45, 2.75) is 129 Å². The number of benzene rings is 1. The van der Waals surface area contributed by atoms with E-state index in [1.165, 1.54) is 77.0 Å². The van der Waals surface area contributed by atoms with Crippen molar-refractivity contribution >= 4 is 17.2 Å². The van der Waals surface area contributed by atoms with Crippen molar-refractivity contribution in [3.8, 4) is 5.75 Å². The number of hydrogen-bond acceptors (Lipinski definition) is 4. The Kier molecular flexibility index (Phi) is 10.1. The molecule has 0 heterocycles. The summed E-state index contributed by atoms with van der Waals surface area (Å²) >= 11 is 0. The smallest absolute Gasteiger partial charge is 0.188 e. The number of rotatable bonds is 11. The SMILES string of the molecule is CCCCCC1CCC(N=C2C=CC(=O)c3c(NC4CCC(CCCCC)CC4)ccc(O)c32)CC1. The van der Waals surface area contributed by atoms with Crippen LogP contribution in [-0.2, 0) is 0 Å². The van der Waals surface area contributed by atoms with E-state index >= 15 is 0 Å². The fourth-order valence-corrected chi connectivity index (χ4v) is 6.60. The maximum atomic E-state index is 13.0. The highest BCUT2D eigenvalue weighted by Crippen LogP contribution is 2.37. The van der Waals surface area contributed by atoms with E-state index in [4.69, 9.17) is 4.99 Å². The van der Waals surface area contributed by atoms with Gasteiger partial charge in [-0.25, -0.2) is 0 Å². The highest BCUT2D eigenvalue weighted by molar-refractivity contribution is 6.27. The zero-order valence-corrected chi connectivity index (χ0v) is 22.7. The second kappa shape index (κ2) is 13.4. The summed E-state index contributed by atoms with van der Waals surface area (Å²) in [4.78, 5) is 18.1. The lowest BCUT2D eigenvalue weighted by molar-refractivity contribution is 0.104. The molecule has 0 radical (unpaired) electrons. The van der Waals surface area contributed by atoms with Gasteiger partial charge in [0.05, 0.1) is 22.9 Å². The van der Waals surface area contributed by atoms with Gasteiger partial charge < -0.3 is 10.4 Å². The molecule has 2 saturated carbocycles. The van der Waals surface area contributed by atoms with Crippen LogP contribution >= 0.6 is 0 Å². The molecular weight excluding hydrogens is 444 g/mol. The van der Waals surface area contributed by atoms with Crippen LogP contribution in [0.5, 0.6) is 5.75 Å². The topological polar surface area (TPSA) is 61.7 Å². The Morgan fingerprint density at radius 1 is 0.806 bits per heavy atom. The third-order valence-electron chi connectivity index (χ3n) is 8.85. The molecule has 2 N–H and O–H groups in total. The molecule has 3 aliphatic rings. The molecule has 0 amide bonds. The van der Waals surface area contributed by atoms with Crippen LogP contribution in [0.4, 0.5) is 5.69 Å². The van der Waals surface area contributed by atoms with E-state index in [0.29, 0.717) is 17.2 Å². The Hall–Kier alpha value is -2.10. The van der Waals surface area contributed by atoms with E-state index in [-0.39, 0.29) is 17.6 Å². The maximum Gasteiger partial charge on any atom is 0.188 e. The van der Waals surface area contributed by atoms with Gasteiger partial charge in [-0.1, -0.05) is 65.2 Å². The van der Waals surface area contributed by atoms with E-state index in [1.54, 1.807) is 12.1 Å². The van der Waals surface area contributed by atoms with E-state index in [9.17, 15) is 9.90 Å². The Morgan fingerprint density at radius 2 is 1.42 bits per heavy atom. The second-order valence-electron chi connectivity index (χ2n) is 11.6. The third-order valence-corrected chi connectivity index (χ3v) is 8.85. The molecule has 1 aromatic rings. The third kappa shape index (κ3) is 7.01. The lowest BCUT2D eigenvalue weighted by Crippen LogP contribution is -2.28. The van der Waals surface area contributed by atoms with Gasteiger partial charge >= 0.3 is 0 Å². The monoisotopic (exact) mass is 492 g/mol. The van der Waals surface area contributed by atoms with Crippen molar-refractivity contribution in [2.24, 2.45) is 16.8 Å². The Labute approximate surface area is 219 Å². The molecule has 3 aliphatic carbocycles. The predicted molar refractivity (Wildman–Crippen MR) is 152 cm³/mol. The minimum absolute atomic E-state index is 0.0322. The maximum absolute atomic E-state index is 13.0. The highest BCUT2D eigenvalue weighted by Gasteiger charge is 2.28. The van der Waals surface area contributed by atoms with Crippen molar-refractivity contribution in [1.82, 2.24) is 0 Å². The zero-order chi connectivity index (χ0) is 25.3. The Bertz CT molecular complexity index is 918. The molecule has 36 heavy (non-hydrogen) atoms. The van der Waals surface area contributed by atoms with E-state index in [0.717, 1.165) is 48.9 Å². The lowest BCUT2D eigenvalue weighted by atomic mass is 9.82. The number of phenols is 1. The van der Waals surface area contributed by atoms with E-state index in [2.05, 4.69) is 19.2 Å². The summed E-state index contributed by atoms with van der Waals surface area (Å²) in [7, 11) is 0. The zero-order valence-electron chi connectivity index (χ0n) is 22.7. The van der Waals surface area contributed by atoms with Gasteiger partial charge in [-0.15, -0.1) is 0 Å². The molecule has 0 bridgehead atoms. The summed E-state index contributed by atoms with van der Waals surface area (Å²) in [6.07, 6.45) is 23.7. The molecule has 1 aromatic carbocycles. The molecule has 0 saturated heterocycles. The van der Waals surface area contributed by atoms with Crippen LogP contribution in [-0.4, -0.2) is 28.7 Å². The molecule has 198 valence electrons. The predicted octanol–water partition coefficient (Wildman–Crippen LogP) is 8.62. The number of aliphatic imine (C=N–C) groups is 1. The fraction of sp³-hybridized carbons (Fsp3) is 0.688. The minimum Gasteiger partial charge on any atom is -0.507 e. The Balaban J connectivity index is 1.41. The summed E-state index contributed by atoms with van der Waals surface area (Å²) in [6.45, 7) is 4.54. The number of hydrogen-bond donors (Lipinski definition) is 2. The molecule has 0 atom stereocenters. The number of carbonyl (C=O) groups excluding carboxylic acids is 1. The Morgan fingerprint density at radius 3 is 2.03 bits per heavy atom. The second-order valence-corrected chi connectivity index (χ2v) is 11.6. The van der Waals surface area contributed by atoms with Gasteiger partial charge in [0.25, 0.3) is 0 Å². The van der Waals surface area contributed by atoms with Gasteiger partial charge in [0.2, 0.25) is 0 Å². The van der Waals surface area contributed by atoms with Crippen LogP contribution < -0.4 is 5.32 Å². The quantitative estimate of drug-likeness (QED) is 0.240. The minimum atomic E-state index is -0.0322. The molecule has 4 heteroatoms. The number of fused-ring (bicyclic) bond motifs is 1. The standard InChI is InChI=1S/C32H48N2O2/c1-3-5-7-9-23-11-15-25(16-12-23)33-27-19-21-30(36)32-28(20-22-29(35)31(27)32)34-26-17-13-24(14-18-26)10-8-6-4-2/h19-26,33,36H,3-18H2,1-2H3. The summed E-state index contributed by atoms with van der Waals surface area (Å²) in [6, 6.07) is 4.30. The van der Waals surface area contributed by atoms with Crippen molar-refractivity contribution in [3.05, 3.63) is 35.4 Å².